The van der Waals surface area contributed by atoms with E-state index < -0.39 is 6.10 Å². The highest BCUT2D eigenvalue weighted by Crippen LogP contribution is 2.21. The van der Waals surface area contributed by atoms with Crippen LogP contribution < -0.4 is 10.1 Å². The fourth-order valence-corrected chi connectivity index (χ4v) is 2.22. The Bertz CT molecular complexity index is 662. The van der Waals surface area contributed by atoms with Gasteiger partial charge in [0.05, 0.1) is 5.69 Å². The van der Waals surface area contributed by atoms with Crippen molar-refractivity contribution < 1.29 is 14.4 Å². The zero-order chi connectivity index (χ0) is 16.1. The Labute approximate surface area is 136 Å². The van der Waals surface area contributed by atoms with Crippen molar-refractivity contribution in [2.45, 2.75) is 31.9 Å². The van der Waals surface area contributed by atoms with Gasteiger partial charge in [-0.1, -0.05) is 23.4 Å². The molecule has 2 N–H and O–H groups in total. The number of aliphatic hydroxyl groups is 1. The molecule has 5 nitrogen and oxygen atoms in total. The Kier molecular flexibility index (Phi) is 5.10. The van der Waals surface area contributed by atoms with Crippen molar-refractivity contribution in [2.75, 3.05) is 13.2 Å². The molecule has 1 aromatic heterocycles. The first-order valence-electron chi connectivity index (χ1n) is 7.95. The first-order chi connectivity index (χ1) is 11.2. The molecule has 1 aliphatic carbocycles. The third kappa shape index (κ3) is 4.94. The first-order valence-corrected chi connectivity index (χ1v) is 7.95. The second-order valence-electron chi connectivity index (χ2n) is 5.89. The molecule has 1 aromatic carbocycles. The second-order valence-corrected chi connectivity index (χ2v) is 5.89. The molecule has 1 atom stereocenters. The van der Waals surface area contributed by atoms with Gasteiger partial charge in [-0.3, -0.25) is 0 Å². The maximum atomic E-state index is 9.96. The number of rotatable bonds is 8. The van der Waals surface area contributed by atoms with Crippen LogP contribution in [0.1, 0.15) is 29.9 Å². The van der Waals surface area contributed by atoms with Crippen molar-refractivity contribution in [1.82, 2.24) is 10.5 Å². The minimum absolute atomic E-state index is 0.270. The maximum absolute atomic E-state index is 9.96. The van der Waals surface area contributed by atoms with Crippen LogP contribution in [0.3, 0.4) is 0 Å². The molecular formula is C18H22N2O3. The van der Waals surface area contributed by atoms with Crippen LogP contribution in [-0.2, 0) is 0 Å². The molecule has 0 radical (unpaired) electrons. The van der Waals surface area contributed by atoms with Crippen molar-refractivity contribution in [3.05, 3.63) is 47.3 Å². The second kappa shape index (κ2) is 7.44. The van der Waals surface area contributed by atoms with E-state index in [9.17, 15) is 5.11 Å². The summed E-state index contributed by atoms with van der Waals surface area (Å²) in [5.41, 5.74) is 1.78. The smallest absolute Gasteiger partial charge is 0.159 e. The Balaban J connectivity index is 1.57. The molecule has 1 unspecified atom stereocenters. The van der Waals surface area contributed by atoms with Crippen molar-refractivity contribution in [3.8, 4) is 5.75 Å². The van der Waals surface area contributed by atoms with E-state index in [0.29, 0.717) is 18.3 Å². The highest BCUT2D eigenvalue weighted by atomic mass is 16.5. The molecule has 3 rings (SSSR count). The molecule has 0 spiro atoms. The van der Waals surface area contributed by atoms with E-state index >= 15 is 0 Å². The summed E-state index contributed by atoms with van der Waals surface area (Å²) < 4.78 is 10.9. The van der Waals surface area contributed by atoms with E-state index in [1.54, 1.807) is 0 Å². The van der Waals surface area contributed by atoms with Crippen LogP contribution >= 0.6 is 0 Å². The standard InChI is InChI=1S/C18H22N2O3/c1-13-10-17(23-20-13)9-6-14-4-2-3-5-18(14)22-12-16(21)11-19-15-7-8-15/h2-6,9-10,15-16,19,21H,7-8,11-12H2,1H3/b9-6+. The van der Waals surface area contributed by atoms with E-state index in [0.717, 1.165) is 17.0 Å². The third-order valence-electron chi connectivity index (χ3n) is 3.64. The van der Waals surface area contributed by atoms with Gasteiger partial charge in [0.15, 0.2) is 5.76 Å². The van der Waals surface area contributed by atoms with Gasteiger partial charge in [-0.25, -0.2) is 0 Å². The van der Waals surface area contributed by atoms with Crippen LogP contribution in [0.5, 0.6) is 5.75 Å². The molecule has 122 valence electrons. The van der Waals surface area contributed by atoms with Crippen LogP contribution in [0, 0.1) is 6.92 Å². The number of nitrogens with one attached hydrogen (secondary N) is 1. The first kappa shape index (κ1) is 15.8. The molecule has 0 bridgehead atoms. The average Bonchev–Trinajstić information content (AvgIpc) is 3.30. The molecule has 1 fully saturated rings. The number of aliphatic hydroxyl groups excluding tert-OH is 1. The number of para-hydroxylation sites is 1. The van der Waals surface area contributed by atoms with E-state index in [2.05, 4.69) is 10.5 Å². The van der Waals surface area contributed by atoms with Gasteiger partial charge in [0.2, 0.25) is 0 Å². The molecular weight excluding hydrogens is 292 g/mol. The summed E-state index contributed by atoms with van der Waals surface area (Å²) in [6, 6.07) is 10.2. The van der Waals surface area contributed by atoms with Crippen LogP contribution in [0.2, 0.25) is 0 Å². The molecule has 0 saturated heterocycles. The van der Waals surface area contributed by atoms with E-state index in [1.807, 2.05) is 49.4 Å². The molecule has 0 amide bonds. The Morgan fingerprint density at radius 1 is 1.39 bits per heavy atom. The maximum Gasteiger partial charge on any atom is 0.159 e. The molecule has 0 aliphatic heterocycles. The highest BCUT2D eigenvalue weighted by molar-refractivity contribution is 5.70. The van der Waals surface area contributed by atoms with Crippen molar-refractivity contribution in [3.63, 3.8) is 0 Å². The summed E-state index contributed by atoms with van der Waals surface area (Å²) >= 11 is 0. The SMILES string of the molecule is Cc1cc(/C=C/c2ccccc2OCC(O)CNC2CC2)on1. The third-order valence-corrected chi connectivity index (χ3v) is 3.64. The average molecular weight is 314 g/mol. The van der Waals surface area contributed by atoms with Gasteiger partial charge in [-0.15, -0.1) is 0 Å². The summed E-state index contributed by atoms with van der Waals surface area (Å²) in [7, 11) is 0. The van der Waals surface area contributed by atoms with E-state index in [4.69, 9.17) is 9.26 Å². The Morgan fingerprint density at radius 3 is 2.96 bits per heavy atom. The van der Waals surface area contributed by atoms with Gasteiger partial charge in [0, 0.05) is 24.2 Å². The van der Waals surface area contributed by atoms with Gasteiger partial charge in [-0.2, -0.15) is 0 Å². The lowest BCUT2D eigenvalue weighted by Crippen LogP contribution is -2.32. The van der Waals surface area contributed by atoms with Crippen molar-refractivity contribution in [2.24, 2.45) is 0 Å². The number of aryl methyl sites for hydroxylation is 1. The molecule has 1 saturated carbocycles. The van der Waals surface area contributed by atoms with Crippen molar-refractivity contribution >= 4 is 12.2 Å². The van der Waals surface area contributed by atoms with Crippen molar-refractivity contribution in [1.29, 1.82) is 0 Å². The van der Waals surface area contributed by atoms with Gasteiger partial charge in [0.1, 0.15) is 18.5 Å². The molecule has 2 aromatic rings. The summed E-state index contributed by atoms with van der Waals surface area (Å²) in [5.74, 6) is 1.44. The minimum atomic E-state index is -0.510. The summed E-state index contributed by atoms with van der Waals surface area (Å²) in [5, 5.41) is 17.1. The summed E-state index contributed by atoms with van der Waals surface area (Å²) in [6.45, 7) is 2.72. The largest absolute Gasteiger partial charge is 0.490 e. The topological polar surface area (TPSA) is 67.5 Å². The lowest BCUT2D eigenvalue weighted by molar-refractivity contribution is 0.106. The monoisotopic (exact) mass is 314 g/mol. The number of ether oxygens (including phenoxy) is 1. The van der Waals surface area contributed by atoms with Gasteiger partial charge in [-0.05, 0) is 38.0 Å². The lowest BCUT2D eigenvalue weighted by Gasteiger charge is -2.14. The fourth-order valence-electron chi connectivity index (χ4n) is 2.22. The van der Waals surface area contributed by atoms with Crippen LogP contribution in [0.25, 0.3) is 12.2 Å². The van der Waals surface area contributed by atoms with Gasteiger partial charge in [0.25, 0.3) is 0 Å². The molecule has 23 heavy (non-hydrogen) atoms. The van der Waals surface area contributed by atoms with Crippen LogP contribution in [0.15, 0.2) is 34.9 Å². The van der Waals surface area contributed by atoms with E-state index in [-0.39, 0.29) is 6.61 Å². The Hall–Kier alpha value is -2.11. The summed E-state index contributed by atoms with van der Waals surface area (Å²) in [6.07, 6.45) is 5.69. The molecule has 5 heteroatoms. The zero-order valence-electron chi connectivity index (χ0n) is 13.2. The predicted molar refractivity (Wildman–Crippen MR) is 89.1 cm³/mol. The predicted octanol–water partition coefficient (Wildman–Crippen LogP) is 2.65. The van der Waals surface area contributed by atoms with Gasteiger partial charge >= 0.3 is 0 Å². The number of nitrogens with zero attached hydrogens (tertiary/aromatic N) is 1. The molecule has 1 aliphatic rings. The number of hydrogen-bond acceptors (Lipinski definition) is 5. The van der Waals surface area contributed by atoms with Crippen LogP contribution in [-0.4, -0.2) is 35.6 Å². The summed E-state index contributed by atoms with van der Waals surface area (Å²) in [4.78, 5) is 0. The fraction of sp³-hybridized carbons (Fsp3) is 0.389. The normalized spacial score (nSPS) is 15.9. The van der Waals surface area contributed by atoms with Gasteiger partial charge < -0.3 is 19.7 Å². The minimum Gasteiger partial charge on any atom is -0.490 e. The number of benzene rings is 1. The quantitative estimate of drug-likeness (QED) is 0.784. The van der Waals surface area contributed by atoms with E-state index in [1.165, 1.54) is 12.8 Å². The Morgan fingerprint density at radius 2 is 2.22 bits per heavy atom. The number of hydrogen-bond donors (Lipinski definition) is 2. The zero-order valence-corrected chi connectivity index (χ0v) is 13.2. The lowest BCUT2D eigenvalue weighted by atomic mass is 10.2. The highest BCUT2D eigenvalue weighted by Gasteiger charge is 2.21. The van der Waals surface area contributed by atoms with Crippen LogP contribution in [0.4, 0.5) is 0 Å². The number of aromatic nitrogens is 1. The molecule has 1 heterocycles.